The number of nitrogens with zero attached hydrogens (tertiary/aromatic N) is 4. The molecule has 1 aromatic carbocycles. The summed E-state index contributed by atoms with van der Waals surface area (Å²) in [7, 11) is 0. The Hall–Kier alpha value is -2.77. The minimum Gasteiger partial charge on any atom is -0.443 e. The first-order valence-corrected chi connectivity index (χ1v) is 12.0. The fourth-order valence-corrected chi connectivity index (χ4v) is 4.63. The van der Waals surface area contributed by atoms with E-state index in [1.54, 1.807) is 20.8 Å². The number of carbonyl (C=O) groups is 1. The highest BCUT2D eigenvalue weighted by Gasteiger charge is 2.34. The van der Waals surface area contributed by atoms with Crippen LogP contribution in [-0.2, 0) is 11.2 Å². The minimum absolute atomic E-state index is 0.166. The van der Waals surface area contributed by atoms with Crippen LogP contribution in [0.5, 0.6) is 0 Å². The molecule has 4 rings (SSSR count). The molecule has 0 bridgehead atoms. The van der Waals surface area contributed by atoms with E-state index in [4.69, 9.17) is 13.9 Å². The zero-order chi connectivity index (χ0) is 23.6. The molecule has 0 fully saturated rings. The Bertz CT molecular complexity index is 1200. The molecule has 2 aromatic heterocycles. The molecular weight excluding hydrogens is 468 g/mol. The maximum absolute atomic E-state index is 12.4. The fourth-order valence-electron chi connectivity index (χ4n) is 3.35. The number of amides is 1. The molecule has 3 aromatic rings. The van der Waals surface area contributed by atoms with Crippen molar-refractivity contribution in [3.63, 3.8) is 0 Å². The second-order valence-corrected chi connectivity index (χ2v) is 10.2. The summed E-state index contributed by atoms with van der Waals surface area (Å²) in [5, 5.41) is 12.3. The van der Waals surface area contributed by atoms with Gasteiger partial charge in [-0.2, -0.15) is 0 Å². The Balaban J connectivity index is 1.36. The van der Waals surface area contributed by atoms with Gasteiger partial charge in [0.2, 0.25) is 5.82 Å². The van der Waals surface area contributed by atoms with E-state index in [9.17, 15) is 9.59 Å². The number of aromatic nitrogens is 4. The first-order valence-electron chi connectivity index (χ1n) is 10.2. The van der Waals surface area contributed by atoms with Crippen LogP contribution in [0.15, 0.2) is 37.2 Å². The average molecular weight is 493 g/mol. The molecule has 2 heterocycles. The van der Waals surface area contributed by atoms with Gasteiger partial charge in [0.25, 0.3) is 0 Å². The van der Waals surface area contributed by atoms with Crippen molar-refractivity contribution in [1.29, 1.82) is 0 Å². The van der Waals surface area contributed by atoms with Gasteiger partial charge in [0, 0.05) is 24.4 Å². The summed E-state index contributed by atoms with van der Waals surface area (Å²) in [5.41, 5.74) is 3.19. The van der Waals surface area contributed by atoms with E-state index in [1.807, 2.05) is 6.92 Å². The lowest BCUT2D eigenvalue weighted by atomic mass is 9.82. The Morgan fingerprint density at radius 1 is 1.30 bits per heavy atom. The van der Waals surface area contributed by atoms with Crippen molar-refractivity contribution in [3.05, 3.63) is 45.4 Å². The summed E-state index contributed by atoms with van der Waals surface area (Å²) in [6, 6.07) is 6.03. The van der Waals surface area contributed by atoms with Crippen LogP contribution >= 0.6 is 23.9 Å². The topological polar surface area (TPSA) is 137 Å². The molecule has 0 spiro atoms. The van der Waals surface area contributed by atoms with Crippen molar-refractivity contribution in [2.45, 2.75) is 50.8 Å². The van der Waals surface area contributed by atoms with Crippen LogP contribution in [0.1, 0.15) is 43.5 Å². The first kappa shape index (κ1) is 23.4. The van der Waals surface area contributed by atoms with E-state index in [-0.39, 0.29) is 11.9 Å². The van der Waals surface area contributed by atoms with E-state index in [1.165, 1.54) is 21.9 Å². The van der Waals surface area contributed by atoms with Gasteiger partial charge in [-0.3, -0.25) is 9.25 Å². The van der Waals surface area contributed by atoms with Crippen LogP contribution in [0.3, 0.4) is 0 Å². The third-order valence-corrected chi connectivity index (χ3v) is 6.31. The molecule has 0 saturated carbocycles. The second kappa shape index (κ2) is 9.61. The molecule has 176 valence electrons. The van der Waals surface area contributed by atoms with Crippen LogP contribution in [-0.4, -0.2) is 44.0 Å². The second-order valence-electron chi connectivity index (χ2n) is 8.43. The number of thioether (sulfide) groups is 1. The smallest absolute Gasteiger partial charge is 0.442 e. The Labute approximate surface area is 198 Å². The minimum atomic E-state index is -0.556. The number of carbonyl (C=O) groups excluding carboxylic acids is 1. The molecule has 1 atom stereocenters. The van der Waals surface area contributed by atoms with E-state index in [0.29, 0.717) is 29.4 Å². The largest absolute Gasteiger partial charge is 0.443 e. The highest BCUT2D eigenvalue weighted by molar-refractivity contribution is 7.99. The summed E-state index contributed by atoms with van der Waals surface area (Å²) in [4.78, 5) is 24.1. The molecule has 0 saturated heterocycles. The summed E-state index contributed by atoms with van der Waals surface area (Å²) in [5.74, 6) is 0.333. The SMILES string of the molecule is Cc1ccc2c(c1)C(n1c(-c3nonc3SCCNSNC(=O)OC(C)(C)C)noc1=O)C2. The van der Waals surface area contributed by atoms with E-state index >= 15 is 0 Å². The number of benzene rings is 1. The number of hydrogen-bond acceptors (Lipinski definition) is 11. The number of hydrogen-bond donors (Lipinski definition) is 2. The lowest BCUT2D eigenvalue weighted by Crippen LogP contribution is -2.31. The highest BCUT2D eigenvalue weighted by atomic mass is 32.2. The highest BCUT2D eigenvalue weighted by Crippen LogP contribution is 2.38. The molecular formula is C20H24N6O5S2. The third kappa shape index (κ3) is 5.42. The molecule has 13 heteroatoms. The van der Waals surface area contributed by atoms with Gasteiger partial charge in [-0.05, 0) is 55.6 Å². The van der Waals surface area contributed by atoms with Gasteiger partial charge in [-0.25, -0.2) is 23.5 Å². The predicted molar refractivity (Wildman–Crippen MR) is 123 cm³/mol. The molecule has 0 aliphatic heterocycles. The van der Waals surface area contributed by atoms with E-state index in [2.05, 4.69) is 43.1 Å². The molecule has 11 nitrogen and oxygen atoms in total. The average Bonchev–Trinajstić information content (AvgIpc) is 3.32. The maximum atomic E-state index is 12.4. The van der Waals surface area contributed by atoms with Crippen LogP contribution < -0.4 is 15.2 Å². The molecule has 1 aliphatic rings. The fraction of sp³-hybridized carbons (Fsp3) is 0.450. The van der Waals surface area contributed by atoms with Gasteiger partial charge >= 0.3 is 11.8 Å². The summed E-state index contributed by atoms with van der Waals surface area (Å²) < 4.78 is 22.1. The van der Waals surface area contributed by atoms with Crippen molar-refractivity contribution in [3.8, 4) is 11.5 Å². The van der Waals surface area contributed by atoms with Gasteiger partial charge < -0.3 is 4.74 Å². The van der Waals surface area contributed by atoms with Crippen LogP contribution in [0.25, 0.3) is 11.5 Å². The summed E-state index contributed by atoms with van der Waals surface area (Å²) in [6.07, 6.45) is 0.191. The van der Waals surface area contributed by atoms with Crippen LogP contribution in [0, 0.1) is 6.92 Å². The maximum Gasteiger partial charge on any atom is 0.442 e. The number of fused-ring (bicyclic) bond motifs is 1. The standard InChI is InChI=1S/C20H24N6O5S2/c1-11-5-6-12-10-14(13(12)9-11)26-16(23-30-19(26)28)15-17(24-31-22-15)32-8-7-21-33-25-18(27)29-20(2,3)4/h5-6,9,14,21H,7-8,10H2,1-4H3,(H,25,27). The molecule has 1 unspecified atom stereocenters. The molecule has 1 aliphatic carbocycles. The van der Waals surface area contributed by atoms with Crippen molar-refractivity contribution >= 4 is 30.0 Å². The van der Waals surface area contributed by atoms with Gasteiger partial charge in [0.05, 0.1) is 6.04 Å². The number of ether oxygens (including phenoxy) is 1. The van der Waals surface area contributed by atoms with Crippen molar-refractivity contribution in [1.82, 2.24) is 29.5 Å². The molecule has 33 heavy (non-hydrogen) atoms. The first-order chi connectivity index (χ1) is 15.7. The molecule has 2 N–H and O–H groups in total. The number of aryl methyl sites for hydroxylation is 1. The number of nitrogens with one attached hydrogen (secondary N) is 2. The quantitative estimate of drug-likeness (QED) is 0.272. The van der Waals surface area contributed by atoms with Crippen molar-refractivity contribution in [2.24, 2.45) is 0 Å². The Morgan fingerprint density at radius 2 is 2.12 bits per heavy atom. The van der Waals surface area contributed by atoms with Gasteiger partial charge in [0.15, 0.2) is 10.7 Å². The number of rotatable bonds is 8. The Kier molecular flexibility index (Phi) is 6.81. The monoisotopic (exact) mass is 492 g/mol. The van der Waals surface area contributed by atoms with Crippen molar-refractivity contribution in [2.75, 3.05) is 12.3 Å². The van der Waals surface area contributed by atoms with Crippen LogP contribution in [0.4, 0.5) is 4.79 Å². The normalized spacial score (nSPS) is 15.1. The zero-order valence-electron chi connectivity index (χ0n) is 18.6. The van der Waals surface area contributed by atoms with Crippen LogP contribution in [0.2, 0.25) is 0 Å². The van der Waals surface area contributed by atoms with Crippen molar-refractivity contribution < 1.29 is 18.7 Å². The summed E-state index contributed by atoms with van der Waals surface area (Å²) >= 11 is 2.41. The lowest BCUT2D eigenvalue weighted by Gasteiger charge is -2.30. The van der Waals surface area contributed by atoms with E-state index < -0.39 is 17.5 Å². The summed E-state index contributed by atoms with van der Waals surface area (Å²) in [6.45, 7) is 7.94. The van der Waals surface area contributed by atoms with Gasteiger partial charge in [-0.15, -0.1) is 0 Å². The zero-order valence-corrected chi connectivity index (χ0v) is 20.2. The Morgan fingerprint density at radius 3 is 2.91 bits per heavy atom. The molecule has 0 radical (unpaired) electrons. The molecule has 1 amide bonds. The lowest BCUT2D eigenvalue weighted by molar-refractivity contribution is 0.0574. The predicted octanol–water partition coefficient (Wildman–Crippen LogP) is 3.11. The van der Waals surface area contributed by atoms with E-state index in [0.717, 1.165) is 23.3 Å². The van der Waals surface area contributed by atoms with Gasteiger partial charge in [-0.1, -0.05) is 40.7 Å². The third-order valence-electron chi connectivity index (χ3n) is 4.74. The van der Waals surface area contributed by atoms with Gasteiger partial charge in [0.1, 0.15) is 5.60 Å².